The molecule has 0 saturated carbocycles. The van der Waals surface area contributed by atoms with E-state index in [0.717, 1.165) is 17.0 Å². The van der Waals surface area contributed by atoms with E-state index >= 15 is 0 Å². The predicted molar refractivity (Wildman–Crippen MR) is 87.7 cm³/mol. The average molecular weight is 307 g/mol. The molecule has 2 aromatic carbocycles. The number of benzene rings is 2. The van der Waals surface area contributed by atoms with Crippen molar-refractivity contribution in [2.24, 2.45) is 0 Å². The van der Waals surface area contributed by atoms with E-state index in [1.54, 1.807) is 24.2 Å². The lowest BCUT2D eigenvalue weighted by Crippen LogP contribution is -2.22. The molecular formula is C18H17N3O2. The lowest BCUT2D eigenvalue weighted by molar-refractivity contribution is 0.0951. The zero-order valence-electron chi connectivity index (χ0n) is 12.8. The zero-order valence-corrected chi connectivity index (χ0v) is 12.8. The number of amides is 1. The quantitative estimate of drug-likeness (QED) is 0.788. The first-order chi connectivity index (χ1) is 11.3. The molecule has 0 spiro atoms. The molecule has 0 aliphatic carbocycles. The van der Waals surface area contributed by atoms with Gasteiger partial charge in [-0.15, -0.1) is 0 Å². The van der Waals surface area contributed by atoms with Crippen LogP contribution in [0.3, 0.4) is 0 Å². The van der Waals surface area contributed by atoms with Crippen LogP contribution in [0, 0.1) is 0 Å². The van der Waals surface area contributed by atoms with Crippen LogP contribution in [0.2, 0.25) is 0 Å². The Hall–Kier alpha value is -3.08. The maximum Gasteiger partial charge on any atom is 0.254 e. The Morgan fingerprint density at radius 3 is 2.57 bits per heavy atom. The largest absolute Gasteiger partial charge is 0.497 e. The molecule has 5 nitrogen and oxygen atoms in total. The summed E-state index contributed by atoms with van der Waals surface area (Å²) in [5, 5.41) is 7.11. The molecule has 0 atom stereocenters. The molecular weight excluding hydrogens is 290 g/mol. The van der Waals surface area contributed by atoms with Crippen molar-refractivity contribution < 1.29 is 9.53 Å². The van der Waals surface area contributed by atoms with Crippen molar-refractivity contribution in [3.05, 3.63) is 78.1 Å². The smallest absolute Gasteiger partial charge is 0.254 e. The Bertz CT molecular complexity index is 780. The SMILES string of the molecule is COc1ccc(CNC(=O)c2cnn(-c3ccccc3)c2)cc1. The van der Waals surface area contributed by atoms with Crippen LogP contribution < -0.4 is 10.1 Å². The number of rotatable bonds is 5. The summed E-state index contributed by atoms with van der Waals surface area (Å²) in [6.45, 7) is 0.458. The lowest BCUT2D eigenvalue weighted by Gasteiger charge is -2.05. The van der Waals surface area contributed by atoms with Crippen LogP contribution in [0.5, 0.6) is 5.75 Å². The number of para-hydroxylation sites is 1. The number of hydrogen-bond donors (Lipinski definition) is 1. The fraction of sp³-hybridized carbons (Fsp3) is 0.111. The Morgan fingerprint density at radius 1 is 1.13 bits per heavy atom. The average Bonchev–Trinajstić information content (AvgIpc) is 3.11. The van der Waals surface area contributed by atoms with Crippen molar-refractivity contribution >= 4 is 5.91 Å². The van der Waals surface area contributed by atoms with E-state index in [1.807, 2.05) is 54.6 Å². The van der Waals surface area contributed by atoms with Gasteiger partial charge in [0.25, 0.3) is 5.91 Å². The number of nitrogens with zero attached hydrogens (tertiary/aromatic N) is 2. The molecule has 1 aromatic heterocycles. The fourth-order valence-corrected chi connectivity index (χ4v) is 2.19. The summed E-state index contributed by atoms with van der Waals surface area (Å²) in [6.07, 6.45) is 3.29. The molecule has 1 heterocycles. The molecule has 1 amide bonds. The first kappa shape index (κ1) is 14.8. The first-order valence-electron chi connectivity index (χ1n) is 7.27. The van der Waals surface area contributed by atoms with Gasteiger partial charge in [0.05, 0.1) is 24.6 Å². The highest BCUT2D eigenvalue weighted by Crippen LogP contribution is 2.11. The second-order valence-corrected chi connectivity index (χ2v) is 5.04. The number of aromatic nitrogens is 2. The molecule has 0 fully saturated rings. The van der Waals surface area contributed by atoms with Crippen molar-refractivity contribution in [3.8, 4) is 11.4 Å². The molecule has 23 heavy (non-hydrogen) atoms. The van der Waals surface area contributed by atoms with Crippen molar-refractivity contribution in [2.75, 3.05) is 7.11 Å². The summed E-state index contributed by atoms with van der Waals surface area (Å²) in [6, 6.07) is 17.3. The summed E-state index contributed by atoms with van der Waals surface area (Å²) >= 11 is 0. The van der Waals surface area contributed by atoms with Gasteiger partial charge in [-0.1, -0.05) is 30.3 Å². The number of carbonyl (C=O) groups is 1. The molecule has 1 N–H and O–H groups in total. The first-order valence-corrected chi connectivity index (χ1v) is 7.27. The topological polar surface area (TPSA) is 56.1 Å². The highest BCUT2D eigenvalue weighted by atomic mass is 16.5. The summed E-state index contributed by atoms with van der Waals surface area (Å²) in [5.74, 6) is 0.646. The Labute approximate surface area is 134 Å². The molecule has 0 bridgehead atoms. The third kappa shape index (κ3) is 3.58. The van der Waals surface area contributed by atoms with E-state index in [2.05, 4.69) is 10.4 Å². The van der Waals surface area contributed by atoms with Gasteiger partial charge in [-0.25, -0.2) is 4.68 Å². The van der Waals surface area contributed by atoms with Gasteiger partial charge in [-0.3, -0.25) is 4.79 Å². The lowest BCUT2D eigenvalue weighted by atomic mass is 10.2. The second kappa shape index (κ2) is 6.79. The van der Waals surface area contributed by atoms with Crippen LogP contribution in [-0.4, -0.2) is 22.8 Å². The van der Waals surface area contributed by atoms with Crippen LogP contribution in [0.25, 0.3) is 5.69 Å². The highest BCUT2D eigenvalue weighted by molar-refractivity contribution is 5.93. The van der Waals surface area contributed by atoms with E-state index in [9.17, 15) is 4.79 Å². The Kier molecular flexibility index (Phi) is 4.38. The van der Waals surface area contributed by atoms with Gasteiger partial charge in [-0.05, 0) is 29.8 Å². The van der Waals surface area contributed by atoms with Gasteiger partial charge in [0.1, 0.15) is 5.75 Å². The molecule has 0 radical (unpaired) electrons. The molecule has 5 heteroatoms. The summed E-state index contributed by atoms with van der Waals surface area (Å²) in [4.78, 5) is 12.2. The van der Waals surface area contributed by atoms with Gasteiger partial charge < -0.3 is 10.1 Å². The number of carbonyl (C=O) groups excluding carboxylic acids is 1. The van der Waals surface area contributed by atoms with Crippen molar-refractivity contribution in [1.82, 2.24) is 15.1 Å². The predicted octanol–water partition coefficient (Wildman–Crippen LogP) is 2.81. The van der Waals surface area contributed by atoms with E-state index in [4.69, 9.17) is 4.74 Å². The van der Waals surface area contributed by atoms with E-state index in [0.29, 0.717) is 12.1 Å². The number of nitrogens with one attached hydrogen (secondary N) is 1. The zero-order chi connectivity index (χ0) is 16.1. The number of ether oxygens (including phenoxy) is 1. The number of methoxy groups -OCH3 is 1. The Morgan fingerprint density at radius 2 is 1.87 bits per heavy atom. The van der Waals surface area contributed by atoms with E-state index in [-0.39, 0.29) is 5.91 Å². The van der Waals surface area contributed by atoms with Gasteiger partial charge in [0.2, 0.25) is 0 Å². The van der Waals surface area contributed by atoms with Gasteiger partial charge in [0.15, 0.2) is 0 Å². The van der Waals surface area contributed by atoms with Gasteiger partial charge in [0, 0.05) is 12.7 Å². The minimum atomic E-state index is -0.150. The molecule has 0 aliphatic rings. The van der Waals surface area contributed by atoms with Crippen LogP contribution in [0.1, 0.15) is 15.9 Å². The number of hydrogen-bond acceptors (Lipinski definition) is 3. The molecule has 0 unspecified atom stereocenters. The maximum absolute atomic E-state index is 12.2. The monoisotopic (exact) mass is 307 g/mol. The molecule has 0 aliphatic heterocycles. The normalized spacial score (nSPS) is 10.3. The summed E-state index contributed by atoms with van der Waals surface area (Å²) < 4.78 is 6.79. The van der Waals surface area contributed by atoms with Crippen molar-refractivity contribution in [3.63, 3.8) is 0 Å². The maximum atomic E-state index is 12.2. The van der Waals surface area contributed by atoms with Crippen LogP contribution in [-0.2, 0) is 6.54 Å². The third-order valence-electron chi connectivity index (χ3n) is 3.48. The molecule has 3 rings (SSSR count). The van der Waals surface area contributed by atoms with Crippen LogP contribution >= 0.6 is 0 Å². The van der Waals surface area contributed by atoms with Crippen LogP contribution in [0.15, 0.2) is 67.0 Å². The summed E-state index contributed by atoms with van der Waals surface area (Å²) in [7, 11) is 1.63. The minimum absolute atomic E-state index is 0.150. The highest BCUT2D eigenvalue weighted by Gasteiger charge is 2.09. The minimum Gasteiger partial charge on any atom is -0.497 e. The summed E-state index contributed by atoms with van der Waals surface area (Å²) in [5.41, 5.74) is 2.46. The Balaban J connectivity index is 1.63. The molecule has 0 saturated heterocycles. The van der Waals surface area contributed by atoms with Gasteiger partial charge >= 0.3 is 0 Å². The van der Waals surface area contributed by atoms with Gasteiger partial charge in [-0.2, -0.15) is 5.10 Å². The third-order valence-corrected chi connectivity index (χ3v) is 3.48. The van der Waals surface area contributed by atoms with E-state index < -0.39 is 0 Å². The molecule has 116 valence electrons. The van der Waals surface area contributed by atoms with E-state index in [1.165, 1.54) is 0 Å². The standard InChI is InChI=1S/C18H17N3O2/c1-23-17-9-7-14(8-10-17)11-19-18(22)15-12-20-21(13-15)16-5-3-2-4-6-16/h2-10,12-13H,11H2,1H3,(H,19,22). The second-order valence-electron chi connectivity index (χ2n) is 5.04. The van der Waals surface area contributed by atoms with Crippen molar-refractivity contribution in [2.45, 2.75) is 6.54 Å². The fourth-order valence-electron chi connectivity index (χ4n) is 2.19. The van der Waals surface area contributed by atoms with Crippen molar-refractivity contribution in [1.29, 1.82) is 0 Å². The molecule has 3 aromatic rings. The van der Waals surface area contributed by atoms with Crippen LogP contribution in [0.4, 0.5) is 0 Å².